The van der Waals surface area contributed by atoms with E-state index in [1.54, 1.807) is 7.05 Å². The molecule has 0 unspecified atom stereocenters. The lowest BCUT2D eigenvalue weighted by molar-refractivity contribution is -0.120. The molecule has 1 N–H and O–H groups in total. The molecule has 2 heteroatoms. The van der Waals surface area contributed by atoms with Crippen molar-refractivity contribution in [2.45, 2.75) is 64.7 Å². The molecule has 0 atom stereocenters. The topological polar surface area (TPSA) is 29.1 Å². The summed E-state index contributed by atoms with van der Waals surface area (Å²) in [7, 11) is 1.70. The van der Waals surface area contributed by atoms with Crippen molar-refractivity contribution in [1.29, 1.82) is 0 Å². The van der Waals surface area contributed by atoms with Crippen LogP contribution in [-0.2, 0) is 4.79 Å². The summed E-state index contributed by atoms with van der Waals surface area (Å²) < 4.78 is 0. The van der Waals surface area contributed by atoms with Crippen LogP contribution >= 0.6 is 0 Å². The van der Waals surface area contributed by atoms with Gasteiger partial charge in [0.1, 0.15) is 0 Å². The maximum absolute atomic E-state index is 10.9. The molecule has 0 aromatic rings. The Hall–Kier alpha value is -0.790. The van der Waals surface area contributed by atoms with Crippen LogP contribution in [0.4, 0.5) is 0 Å². The third-order valence-electron chi connectivity index (χ3n) is 2.82. The zero-order valence-corrected chi connectivity index (χ0v) is 11.0. The van der Waals surface area contributed by atoms with E-state index in [-0.39, 0.29) is 5.91 Å². The molecule has 0 aromatic carbocycles. The molecule has 0 rings (SSSR count). The van der Waals surface area contributed by atoms with Crippen LogP contribution in [0.15, 0.2) is 12.2 Å². The van der Waals surface area contributed by atoms with Gasteiger partial charge in [-0.3, -0.25) is 4.79 Å². The highest BCUT2D eigenvalue weighted by molar-refractivity contribution is 5.75. The lowest BCUT2D eigenvalue weighted by Crippen LogP contribution is -2.16. The van der Waals surface area contributed by atoms with E-state index in [4.69, 9.17) is 0 Å². The van der Waals surface area contributed by atoms with E-state index in [9.17, 15) is 4.79 Å². The summed E-state index contributed by atoms with van der Waals surface area (Å²) in [6.07, 6.45) is 10.2. The van der Waals surface area contributed by atoms with Gasteiger partial charge in [0.15, 0.2) is 0 Å². The van der Waals surface area contributed by atoms with Crippen molar-refractivity contribution < 1.29 is 4.79 Å². The predicted octanol–water partition coefficient (Wildman–Crippen LogP) is 3.82. The first-order chi connectivity index (χ1) is 7.70. The van der Waals surface area contributed by atoms with Crippen molar-refractivity contribution in [2.24, 2.45) is 0 Å². The quantitative estimate of drug-likeness (QED) is 0.444. The second kappa shape index (κ2) is 10.7. The van der Waals surface area contributed by atoms with Crippen LogP contribution in [0.3, 0.4) is 0 Å². The fraction of sp³-hybridized carbons (Fsp3) is 0.786. The number of allylic oxidation sites excluding steroid dienone is 1. The summed E-state index contributed by atoms with van der Waals surface area (Å²) in [5.74, 6) is 0.163. The van der Waals surface area contributed by atoms with Crippen LogP contribution < -0.4 is 5.32 Å². The van der Waals surface area contributed by atoms with Gasteiger partial charge in [0.25, 0.3) is 0 Å². The summed E-state index contributed by atoms with van der Waals surface area (Å²) in [4.78, 5) is 10.9. The largest absolute Gasteiger partial charge is 0.359 e. The highest BCUT2D eigenvalue weighted by atomic mass is 16.1. The van der Waals surface area contributed by atoms with Crippen LogP contribution in [0.25, 0.3) is 0 Å². The molecular formula is C14H27NO. The van der Waals surface area contributed by atoms with E-state index in [0.29, 0.717) is 6.42 Å². The highest BCUT2D eigenvalue weighted by Crippen LogP contribution is 2.13. The fourth-order valence-corrected chi connectivity index (χ4v) is 1.79. The first-order valence-electron chi connectivity index (χ1n) is 6.58. The average Bonchev–Trinajstić information content (AvgIpc) is 2.27. The third-order valence-corrected chi connectivity index (χ3v) is 2.82. The predicted molar refractivity (Wildman–Crippen MR) is 70.4 cm³/mol. The first-order valence-corrected chi connectivity index (χ1v) is 6.58. The number of unbranched alkanes of at least 4 members (excludes halogenated alkanes) is 4. The number of hydrogen-bond acceptors (Lipinski definition) is 1. The summed E-state index contributed by atoms with van der Waals surface area (Å²) in [6, 6.07) is 0. The zero-order chi connectivity index (χ0) is 12.2. The fourth-order valence-electron chi connectivity index (χ4n) is 1.79. The standard InChI is InChI=1S/C14H27NO/c1-4-10-13(2)11-8-6-5-7-9-12-14(16)15-3/h2,4-12H2,1,3H3,(H,15,16). The number of carbonyl (C=O) groups is 1. The molecule has 0 radical (unpaired) electrons. The van der Waals surface area contributed by atoms with Crippen molar-refractivity contribution in [2.75, 3.05) is 7.05 Å². The van der Waals surface area contributed by atoms with Gasteiger partial charge >= 0.3 is 0 Å². The number of hydrogen-bond donors (Lipinski definition) is 1. The van der Waals surface area contributed by atoms with Gasteiger partial charge in [0.05, 0.1) is 0 Å². The number of carbonyl (C=O) groups excluding carboxylic acids is 1. The van der Waals surface area contributed by atoms with Gasteiger partial charge < -0.3 is 5.32 Å². The lowest BCUT2D eigenvalue weighted by atomic mass is 10.0. The Morgan fingerprint density at radius 1 is 1.00 bits per heavy atom. The molecule has 0 aromatic heterocycles. The molecule has 1 amide bonds. The van der Waals surface area contributed by atoms with Crippen molar-refractivity contribution in [1.82, 2.24) is 5.32 Å². The number of nitrogens with one attached hydrogen (secondary N) is 1. The second-order valence-electron chi connectivity index (χ2n) is 4.44. The van der Waals surface area contributed by atoms with E-state index in [1.807, 2.05) is 0 Å². The van der Waals surface area contributed by atoms with E-state index in [1.165, 1.54) is 50.5 Å². The summed E-state index contributed by atoms with van der Waals surface area (Å²) in [5, 5.41) is 2.65. The molecule has 0 aliphatic rings. The first kappa shape index (κ1) is 15.2. The molecule has 0 bridgehead atoms. The van der Waals surface area contributed by atoms with Gasteiger partial charge in [0, 0.05) is 13.5 Å². The Morgan fingerprint density at radius 2 is 1.56 bits per heavy atom. The Kier molecular flexibility index (Phi) is 10.2. The number of amides is 1. The molecule has 0 aliphatic heterocycles. The summed E-state index contributed by atoms with van der Waals surface area (Å²) in [6.45, 7) is 6.26. The molecular weight excluding hydrogens is 198 g/mol. The molecule has 0 fully saturated rings. The maximum atomic E-state index is 10.9. The SMILES string of the molecule is C=C(CCC)CCCCCCCC(=O)NC. The average molecular weight is 225 g/mol. The Labute approximate surface area is 101 Å². The Morgan fingerprint density at radius 3 is 2.12 bits per heavy atom. The van der Waals surface area contributed by atoms with Gasteiger partial charge in [-0.05, 0) is 25.7 Å². The molecule has 2 nitrogen and oxygen atoms in total. The van der Waals surface area contributed by atoms with Crippen molar-refractivity contribution in [3.8, 4) is 0 Å². The molecule has 0 heterocycles. The van der Waals surface area contributed by atoms with Gasteiger partial charge in [-0.25, -0.2) is 0 Å². The minimum atomic E-state index is 0.163. The van der Waals surface area contributed by atoms with Crippen molar-refractivity contribution in [3.05, 3.63) is 12.2 Å². The molecule has 0 spiro atoms. The normalized spacial score (nSPS) is 10.1. The van der Waals surface area contributed by atoms with E-state index in [2.05, 4.69) is 18.8 Å². The van der Waals surface area contributed by atoms with Crippen LogP contribution in [0.2, 0.25) is 0 Å². The molecule has 94 valence electrons. The second-order valence-corrected chi connectivity index (χ2v) is 4.44. The van der Waals surface area contributed by atoms with Crippen molar-refractivity contribution >= 4 is 5.91 Å². The van der Waals surface area contributed by atoms with Gasteiger partial charge in [-0.15, -0.1) is 0 Å². The van der Waals surface area contributed by atoms with Crippen molar-refractivity contribution in [3.63, 3.8) is 0 Å². The van der Waals surface area contributed by atoms with Gasteiger partial charge in [-0.2, -0.15) is 0 Å². The van der Waals surface area contributed by atoms with Crippen LogP contribution in [0, 0.1) is 0 Å². The smallest absolute Gasteiger partial charge is 0.219 e. The van der Waals surface area contributed by atoms with E-state index in [0.717, 1.165) is 6.42 Å². The van der Waals surface area contributed by atoms with Gasteiger partial charge in [0.2, 0.25) is 5.91 Å². The van der Waals surface area contributed by atoms with Crippen LogP contribution in [0.5, 0.6) is 0 Å². The third kappa shape index (κ3) is 9.75. The molecule has 0 saturated carbocycles. The summed E-state index contributed by atoms with van der Waals surface area (Å²) in [5.41, 5.74) is 1.40. The zero-order valence-electron chi connectivity index (χ0n) is 11.0. The molecule has 0 aliphatic carbocycles. The highest BCUT2D eigenvalue weighted by Gasteiger charge is 1.98. The summed E-state index contributed by atoms with van der Waals surface area (Å²) >= 11 is 0. The lowest BCUT2D eigenvalue weighted by Gasteiger charge is -2.04. The molecule has 0 saturated heterocycles. The minimum absolute atomic E-state index is 0.163. The maximum Gasteiger partial charge on any atom is 0.219 e. The number of rotatable bonds is 10. The monoisotopic (exact) mass is 225 g/mol. The van der Waals surface area contributed by atoms with Crippen LogP contribution in [-0.4, -0.2) is 13.0 Å². The Bertz CT molecular complexity index is 199. The Balaban J connectivity index is 3.15. The van der Waals surface area contributed by atoms with E-state index >= 15 is 0 Å². The van der Waals surface area contributed by atoms with E-state index < -0.39 is 0 Å². The van der Waals surface area contributed by atoms with Gasteiger partial charge in [-0.1, -0.05) is 44.8 Å². The van der Waals surface area contributed by atoms with Crippen LogP contribution in [0.1, 0.15) is 64.7 Å². The molecule has 16 heavy (non-hydrogen) atoms. The minimum Gasteiger partial charge on any atom is -0.359 e.